The van der Waals surface area contributed by atoms with Crippen molar-refractivity contribution in [2.75, 3.05) is 0 Å². The molecule has 1 aliphatic rings. The van der Waals surface area contributed by atoms with Crippen molar-refractivity contribution in [1.29, 1.82) is 0 Å². The summed E-state index contributed by atoms with van der Waals surface area (Å²) in [7, 11) is 1.95. The molecule has 1 aromatic heterocycles. The van der Waals surface area contributed by atoms with E-state index in [9.17, 15) is 4.79 Å². The Hall–Kier alpha value is -0.900. The Morgan fingerprint density at radius 1 is 1.53 bits per heavy atom. The molecule has 2 atom stereocenters. The summed E-state index contributed by atoms with van der Waals surface area (Å²) in [6, 6.07) is 1.72. The van der Waals surface area contributed by atoms with Gasteiger partial charge in [0.25, 0.3) is 5.56 Å². The normalized spacial score (nSPS) is 24.8. The lowest BCUT2D eigenvalue weighted by Gasteiger charge is -2.29. The molecule has 1 N–H and O–H groups in total. The highest BCUT2D eigenvalue weighted by Gasteiger charge is 2.23. The maximum atomic E-state index is 11.5. The van der Waals surface area contributed by atoms with Crippen LogP contribution in [0.25, 0.3) is 0 Å². The van der Waals surface area contributed by atoms with Crippen molar-refractivity contribution in [3.8, 4) is 0 Å². The van der Waals surface area contributed by atoms with Gasteiger partial charge in [0.1, 0.15) is 0 Å². The van der Waals surface area contributed by atoms with Crippen LogP contribution in [0.1, 0.15) is 50.6 Å². The van der Waals surface area contributed by atoms with Crippen molar-refractivity contribution < 1.29 is 0 Å². The molecule has 94 valence electrons. The first-order chi connectivity index (χ1) is 8.11. The van der Waals surface area contributed by atoms with E-state index < -0.39 is 0 Å². The van der Waals surface area contributed by atoms with Gasteiger partial charge in [0, 0.05) is 18.8 Å². The molecule has 2 rings (SSSR count). The highest BCUT2D eigenvalue weighted by Crippen LogP contribution is 2.36. The van der Waals surface area contributed by atoms with Crippen molar-refractivity contribution in [3.05, 3.63) is 26.9 Å². The molecule has 1 aliphatic carbocycles. The summed E-state index contributed by atoms with van der Waals surface area (Å²) in [6.07, 6.45) is 6.22. The number of nitrogens with one attached hydrogen (secondary N) is 1. The lowest BCUT2D eigenvalue weighted by Crippen LogP contribution is -2.21. The lowest BCUT2D eigenvalue weighted by atomic mass is 9.78. The van der Waals surface area contributed by atoms with E-state index in [1.807, 2.05) is 11.6 Å². The summed E-state index contributed by atoms with van der Waals surface area (Å²) < 4.78 is 2.49. The van der Waals surface area contributed by atoms with Gasteiger partial charge in [-0.3, -0.25) is 9.78 Å². The third kappa shape index (κ3) is 2.68. The van der Waals surface area contributed by atoms with Gasteiger partial charge in [0.15, 0.2) is 4.77 Å². The molecule has 3 nitrogen and oxygen atoms in total. The van der Waals surface area contributed by atoms with E-state index in [0.29, 0.717) is 10.7 Å². The molecule has 0 radical (unpaired) electrons. The Bertz CT molecular complexity index is 503. The monoisotopic (exact) mass is 252 g/mol. The van der Waals surface area contributed by atoms with Crippen molar-refractivity contribution in [2.45, 2.75) is 44.9 Å². The van der Waals surface area contributed by atoms with Crippen LogP contribution in [0, 0.1) is 10.7 Å². The Labute approximate surface area is 107 Å². The largest absolute Gasteiger partial charge is 0.325 e. The van der Waals surface area contributed by atoms with E-state index in [2.05, 4.69) is 11.9 Å². The SMILES string of the molecule is CCC1CCCC(c2cc(=O)[nH]c(=S)n2C)C1. The molecule has 1 aromatic rings. The minimum absolute atomic E-state index is 0.0679. The zero-order valence-corrected chi connectivity index (χ0v) is 11.3. The fraction of sp³-hybridized carbons (Fsp3) is 0.692. The second kappa shape index (κ2) is 5.17. The maximum Gasteiger partial charge on any atom is 0.251 e. The van der Waals surface area contributed by atoms with Crippen LogP contribution in [0.5, 0.6) is 0 Å². The van der Waals surface area contributed by atoms with Gasteiger partial charge in [-0.15, -0.1) is 0 Å². The number of rotatable bonds is 2. The molecular formula is C13H20N2OS. The molecular weight excluding hydrogens is 232 g/mol. The molecule has 0 aliphatic heterocycles. The molecule has 0 spiro atoms. The predicted octanol–water partition coefficient (Wildman–Crippen LogP) is 3.13. The summed E-state index contributed by atoms with van der Waals surface area (Å²) in [5, 5.41) is 0. The number of hydrogen-bond donors (Lipinski definition) is 1. The summed E-state index contributed by atoms with van der Waals surface area (Å²) in [5.41, 5.74) is 1.04. The first-order valence-corrected chi connectivity index (χ1v) is 6.83. The van der Waals surface area contributed by atoms with Crippen LogP contribution in [0.15, 0.2) is 10.9 Å². The number of hydrogen-bond acceptors (Lipinski definition) is 2. The molecule has 1 saturated carbocycles. The van der Waals surface area contributed by atoms with E-state index in [-0.39, 0.29) is 5.56 Å². The molecule has 2 unspecified atom stereocenters. The number of nitrogens with zero attached hydrogens (tertiary/aromatic N) is 1. The summed E-state index contributed by atoms with van der Waals surface area (Å²) in [6.45, 7) is 2.25. The van der Waals surface area contributed by atoms with Gasteiger partial charge in [-0.1, -0.05) is 26.2 Å². The summed E-state index contributed by atoms with van der Waals surface area (Å²) >= 11 is 5.16. The first-order valence-electron chi connectivity index (χ1n) is 6.42. The van der Waals surface area contributed by atoms with Crippen LogP contribution in [0.3, 0.4) is 0 Å². The van der Waals surface area contributed by atoms with Crippen LogP contribution in [0.2, 0.25) is 0 Å². The molecule has 0 aromatic carbocycles. The number of H-pyrrole nitrogens is 1. The molecule has 0 saturated heterocycles. The summed E-state index contributed by atoms with van der Waals surface area (Å²) in [4.78, 5) is 14.2. The van der Waals surface area contributed by atoms with E-state index in [1.165, 1.54) is 32.1 Å². The number of aromatic amines is 1. The van der Waals surface area contributed by atoms with Crippen LogP contribution in [0.4, 0.5) is 0 Å². The number of aromatic nitrogens is 2. The second-order valence-corrected chi connectivity index (χ2v) is 5.45. The van der Waals surface area contributed by atoms with Crippen LogP contribution in [-0.2, 0) is 7.05 Å². The second-order valence-electron chi connectivity index (χ2n) is 5.06. The van der Waals surface area contributed by atoms with Crippen molar-refractivity contribution in [2.24, 2.45) is 13.0 Å². The highest BCUT2D eigenvalue weighted by atomic mass is 32.1. The van der Waals surface area contributed by atoms with Crippen molar-refractivity contribution in [3.63, 3.8) is 0 Å². The van der Waals surface area contributed by atoms with E-state index in [4.69, 9.17) is 12.2 Å². The van der Waals surface area contributed by atoms with E-state index >= 15 is 0 Å². The van der Waals surface area contributed by atoms with Crippen molar-refractivity contribution in [1.82, 2.24) is 9.55 Å². The molecule has 0 amide bonds. The third-order valence-electron chi connectivity index (χ3n) is 3.98. The zero-order valence-electron chi connectivity index (χ0n) is 10.5. The average Bonchev–Trinajstić information content (AvgIpc) is 2.34. The molecule has 4 heteroatoms. The van der Waals surface area contributed by atoms with Crippen LogP contribution >= 0.6 is 12.2 Å². The average molecular weight is 252 g/mol. The minimum Gasteiger partial charge on any atom is -0.325 e. The Morgan fingerprint density at radius 2 is 2.29 bits per heavy atom. The predicted molar refractivity (Wildman–Crippen MR) is 71.9 cm³/mol. The van der Waals surface area contributed by atoms with Gasteiger partial charge in [0.05, 0.1) is 0 Å². The smallest absolute Gasteiger partial charge is 0.251 e. The minimum atomic E-state index is -0.0679. The fourth-order valence-corrected chi connectivity index (χ4v) is 3.10. The maximum absolute atomic E-state index is 11.5. The van der Waals surface area contributed by atoms with Gasteiger partial charge in [0.2, 0.25) is 0 Å². The summed E-state index contributed by atoms with van der Waals surface area (Å²) in [5.74, 6) is 1.31. The highest BCUT2D eigenvalue weighted by molar-refractivity contribution is 7.71. The third-order valence-corrected chi connectivity index (χ3v) is 4.36. The quantitative estimate of drug-likeness (QED) is 0.821. The van der Waals surface area contributed by atoms with E-state index in [1.54, 1.807) is 6.07 Å². The molecule has 17 heavy (non-hydrogen) atoms. The van der Waals surface area contributed by atoms with Crippen molar-refractivity contribution >= 4 is 12.2 Å². The van der Waals surface area contributed by atoms with Crippen LogP contribution in [-0.4, -0.2) is 9.55 Å². The Kier molecular flexibility index (Phi) is 3.82. The standard InChI is InChI=1S/C13H20N2OS/c1-3-9-5-4-6-10(7-9)11-8-12(16)14-13(17)15(11)2/h8-10H,3-7H2,1-2H3,(H,14,16,17). The zero-order chi connectivity index (χ0) is 12.4. The Morgan fingerprint density at radius 3 is 3.00 bits per heavy atom. The topological polar surface area (TPSA) is 37.8 Å². The molecule has 1 fully saturated rings. The first kappa shape index (κ1) is 12.6. The van der Waals surface area contributed by atoms with Gasteiger partial charge in [-0.05, 0) is 36.9 Å². The lowest BCUT2D eigenvalue weighted by molar-refractivity contribution is 0.306. The Balaban J connectivity index is 2.33. The van der Waals surface area contributed by atoms with Gasteiger partial charge in [-0.2, -0.15) is 0 Å². The van der Waals surface area contributed by atoms with Gasteiger partial charge in [-0.25, -0.2) is 0 Å². The molecule has 0 bridgehead atoms. The fourth-order valence-electron chi connectivity index (χ4n) is 2.90. The molecule has 1 heterocycles. The van der Waals surface area contributed by atoms with Crippen LogP contribution < -0.4 is 5.56 Å². The van der Waals surface area contributed by atoms with E-state index in [0.717, 1.165) is 11.6 Å². The van der Waals surface area contributed by atoms with Gasteiger partial charge < -0.3 is 4.57 Å². The van der Waals surface area contributed by atoms with Gasteiger partial charge >= 0.3 is 0 Å².